The third-order valence-corrected chi connectivity index (χ3v) is 6.11. The predicted octanol–water partition coefficient (Wildman–Crippen LogP) is 3.29. The maximum absolute atomic E-state index is 12.9. The van der Waals surface area contributed by atoms with Crippen molar-refractivity contribution in [2.45, 2.75) is 19.8 Å². The van der Waals surface area contributed by atoms with Crippen LogP contribution in [0, 0.1) is 5.92 Å². The molecule has 6 nitrogen and oxygen atoms in total. The highest BCUT2D eigenvalue weighted by Crippen LogP contribution is 2.23. The number of pyridine rings is 1. The molecule has 1 aromatic heterocycles. The van der Waals surface area contributed by atoms with Gasteiger partial charge in [-0.15, -0.1) is 0 Å². The number of benzene rings is 1. The molecule has 0 radical (unpaired) electrons. The van der Waals surface area contributed by atoms with Crippen LogP contribution in [0.4, 0.5) is 11.5 Å². The van der Waals surface area contributed by atoms with Gasteiger partial charge >= 0.3 is 0 Å². The zero-order valence-corrected chi connectivity index (χ0v) is 17.4. The number of piperazine rings is 1. The number of amides is 1. The molecule has 2 fully saturated rings. The standard InChI is InChI=1S/C23H30N4O2/c1-18-9-11-26(12-10-18)22-8-3-19(17-24-22)23(28)27-15-13-25(14-16-27)20-4-6-21(29-2)7-5-20/h3-8,17-18H,9-16H2,1-2H3. The van der Waals surface area contributed by atoms with E-state index < -0.39 is 0 Å². The van der Waals surface area contributed by atoms with Crippen LogP contribution < -0.4 is 14.5 Å². The fourth-order valence-electron chi connectivity index (χ4n) is 4.08. The molecular formula is C23H30N4O2. The Bertz CT molecular complexity index is 806. The van der Waals surface area contributed by atoms with Crippen molar-refractivity contribution in [3.63, 3.8) is 0 Å². The Morgan fingerprint density at radius 3 is 2.21 bits per heavy atom. The van der Waals surface area contributed by atoms with E-state index >= 15 is 0 Å². The molecule has 6 heteroatoms. The van der Waals surface area contributed by atoms with Gasteiger partial charge in [0.15, 0.2) is 0 Å². The number of carbonyl (C=O) groups is 1. The molecule has 0 aliphatic carbocycles. The van der Waals surface area contributed by atoms with Gasteiger partial charge in [0.1, 0.15) is 11.6 Å². The van der Waals surface area contributed by atoms with Crippen molar-refractivity contribution in [1.29, 1.82) is 0 Å². The summed E-state index contributed by atoms with van der Waals surface area (Å²) in [6, 6.07) is 12.0. The lowest BCUT2D eigenvalue weighted by Crippen LogP contribution is -2.48. The van der Waals surface area contributed by atoms with Crippen LogP contribution in [0.5, 0.6) is 5.75 Å². The fraction of sp³-hybridized carbons (Fsp3) is 0.478. The monoisotopic (exact) mass is 394 g/mol. The molecule has 0 saturated carbocycles. The quantitative estimate of drug-likeness (QED) is 0.796. The highest BCUT2D eigenvalue weighted by Gasteiger charge is 2.23. The highest BCUT2D eigenvalue weighted by molar-refractivity contribution is 5.94. The summed E-state index contributed by atoms with van der Waals surface area (Å²) in [6.45, 7) is 7.50. The Balaban J connectivity index is 1.33. The molecule has 3 heterocycles. The van der Waals surface area contributed by atoms with Gasteiger partial charge in [-0.1, -0.05) is 6.92 Å². The van der Waals surface area contributed by atoms with Gasteiger partial charge in [-0.3, -0.25) is 4.79 Å². The average Bonchev–Trinajstić information content (AvgIpc) is 2.79. The van der Waals surface area contributed by atoms with Gasteiger partial charge in [-0.05, 0) is 55.2 Å². The topological polar surface area (TPSA) is 48.9 Å². The number of anilines is 2. The van der Waals surface area contributed by atoms with E-state index in [1.165, 1.54) is 18.5 Å². The molecule has 4 rings (SSSR count). The van der Waals surface area contributed by atoms with Crippen molar-refractivity contribution < 1.29 is 9.53 Å². The Kier molecular flexibility index (Phi) is 5.88. The first kappa shape index (κ1) is 19.6. The maximum Gasteiger partial charge on any atom is 0.255 e. The molecule has 1 amide bonds. The summed E-state index contributed by atoms with van der Waals surface area (Å²) in [5.41, 5.74) is 1.84. The molecule has 2 aromatic rings. The smallest absolute Gasteiger partial charge is 0.255 e. The van der Waals surface area contributed by atoms with E-state index in [0.717, 1.165) is 56.8 Å². The second-order valence-corrected chi connectivity index (χ2v) is 8.05. The van der Waals surface area contributed by atoms with Crippen molar-refractivity contribution in [3.05, 3.63) is 48.2 Å². The van der Waals surface area contributed by atoms with Gasteiger partial charge in [0.05, 0.1) is 12.7 Å². The van der Waals surface area contributed by atoms with Crippen LogP contribution in [0.1, 0.15) is 30.1 Å². The Hall–Kier alpha value is -2.76. The number of rotatable bonds is 4. The van der Waals surface area contributed by atoms with Crippen LogP contribution in [0.3, 0.4) is 0 Å². The normalized spacial score (nSPS) is 18.1. The summed E-state index contributed by atoms with van der Waals surface area (Å²) in [6.07, 6.45) is 4.16. The number of hydrogen-bond acceptors (Lipinski definition) is 5. The van der Waals surface area contributed by atoms with Crippen molar-refractivity contribution in [2.75, 3.05) is 56.2 Å². The van der Waals surface area contributed by atoms with Crippen molar-refractivity contribution in [3.8, 4) is 5.75 Å². The first-order valence-electron chi connectivity index (χ1n) is 10.5. The SMILES string of the molecule is COc1ccc(N2CCN(C(=O)c3ccc(N4CCC(C)CC4)nc3)CC2)cc1. The first-order valence-corrected chi connectivity index (χ1v) is 10.5. The number of aromatic nitrogens is 1. The lowest BCUT2D eigenvalue weighted by molar-refractivity contribution is 0.0746. The van der Waals surface area contributed by atoms with E-state index in [9.17, 15) is 4.79 Å². The molecule has 0 spiro atoms. The summed E-state index contributed by atoms with van der Waals surface area (Å²) in [5.74, 6) is 2.71. The summed E-state index contributed by atoms with van der Waals surface area (Å²) in [4.78, 5) is 24.0. The van der Waals surface area contributed by atoms with E-state index in [1.54, 1.807) is 13.3 Å². The molecular weight excluding hydrogens is 364 g/mol. The van der Waals surface area contributed by atoms with Crippen LogP contribution in [0.25, 0.3) is 0 Å². The average molecular weight is 395 g/mol. The number of nitrogens with zero attached hydrogens (tertiary/aromatic N) is 4. The van der Waals surface area contributed by atoms with E-state index in [-0.39, 0.29) is 5.91 Å². The Morgan fingerprint density at radius 1 is 0.931 bits per heavy atom. The third kappa shape index (κ3) is 4.47. The number of carbonyl (C=O) groups excluding carboxylic acids is 1. The minimum Gasteiger partial charge on any atom is -0.497 e. The molecule has 29 heavy (non-hydrogen) atoms. The number of ether oxygens (including phenoxy) is 1. The predicted molar refractivity (Wildman–Crippen MR) is 116 cm³/mol. The lowest BCUT2D eigenvalue weighted by atomic mass is 9.99. The van der Waals surface area contributed by atoms with Gasteiger partial charge in [0.25, 0.3) is 5.91 Å². The van der Waals surface area contributed by atoms with Crippen LogP contribution >= 0.6 is 0 Å². The molecule has 2 saturated heterocycles. The maximum atomic E-state index is 12.9. The molecule has 0 unspecified atom stereocenters. The molecule has 0 atom stereocenters. The van der Waals surface area contributed by atoms with Crippen LogP contribution in [-0.4, -0.2) is 62.2 Å². The number of methoxy groups -OCH3 is 1. The van der Waals surface area contributed by atoms with Crippen molar-refractivity contribution in [1.82, 2.24) is 9.88 Å². The van der Waals surface area contributed by atoms with Gasteiger partial charge < -0.3 is 19.4 Å². The fourth-order valence-corrected chi connectivity index (χ4v) is 4.08. The second kappa shape index (κ2) is 8.72. The molecule has 0 N–H and O–H groups in total. The van der Waals surface area contributed by atoms with Gasteiger partial charge in [0, 0.05) is 51.2 Å². The van der Waals surface area contributed by atoms with E-state index in [0.29, 0.717) is 5.56 Å². The summed E-state index contributed by atoms with van der Waals surface area (Å²) >= 11 is 0. The van der Waals surface area contributed by atoms with Gasteiger partial charge in [0.2, 0.25) is 0 Å². The zero-order chi connectivity index (χ0) is 20.2. The van der Waals surface area contributed by atoms with Gasteiger partial charge in [-0.2, -0.15) is 0 Å². The minimum atomic E-state index is 0.0747. The zero-order valence-electron chi connectivity index (χ0n) is 17.4. The Labute approximate surface area is 173 Å². The van der Waals surface area contributed by atoms with Gasteiger partial charge in [-0.25, -0.2) is 4.98 Å². The molecule has 1 aromatic carbocycles. The molecule has 2 aliphatic rings. The third-order valence-electron chi connectivity index (χ3n) is 6.11. The second-order valence-electron chi connectivity index (χ2n) is 8.05. The van der Waals surface area contributed by atoms with E-state index in [4.69, 9.17) is 4.74 Å². The van der Waals surface area contributed by atoms with Crippen LogP contribution in [0.15, 0.2) is 42.6 Å². The largest absolute Gasteiger partial charge is 0.497 e. The van der Waals surface area contributed by atoms with Crippen LogP contribution in [0.2, 0.25) is 0 Å². The van der Waals surface area contributed by atoms with Crippen LogP contribution in [-0.2, 0) is 0 Å². The summed E-state index contributed by atoms with van der Waals surface area (Å²) in [7, 11) is 1.67. The molecule has 2 aliphatic heterocycles. The number of hydrogen-bond donors (Lipinski definition) is 0. The first-order chi connectivity index (χ1) is 14.1. The Morgan fingerprint density at radius 2 is 1.62 bits per heavy atom. The minimum absolute atomic E-state index is 0.0747. The van der Waals surface area contributed by atoms with E-state index in [2.05, 4.69) is 33.8 Å². The summed E-state index contributed by atoms with van der Waals surface area (Å²) in [5, 5.41) is 0. The summed E-state index contributed by atoms with van der Waals surface area (Å²) < 4.78 is 5.23. The van der Waals surface area contributed by atoms with Crippen molar-refractivity contribution in [2.24, 2.45) is 5.92 Å². The number of piperidine rings is 1. The molecule has 0 bridgehead atoms. The van der Waals surface area contributed by atoms with E-state index in [1.807, 2.05) is 29.2 Å². The highest BCUT2D eigenvalue weighted by atomic mass is 16.5. The van der Waals surface area contributed by atoms with Crippen molar-refractivity contribution >= 4 is 17.4 Å². The lowest BCUT2D eigenvalue weighted by Gasteiger charge is -2.36. The molecule has 154 valence electrons.